The molecule has 2 N–H and O–H groups in total. The van der Waals surface area contributed by atoms with Crippen LogP contribution in [0.1, 0.15) is 18.5 Å². The molecule has 2 aromatic carbocycles. The summed E-state index contributed by atoms with van der Waals surface area (Å²) in [6.45, 7) is 1.59. The van der Waals surface area contributed by atoms with Gasteiger partial charge >= 0.3 is 5.97 Å². The van der Waals surface area contributed by atoms with Crippen molar-refractivity contribution in [3.8, 4) is 5.75 Å². The average Bonchev–Trinajstić information content (AvgIpc) is 3.16. The topological polar surface area (TPSA) is 95.9 Å². The summed E-state index contributed by atoms with van der Waals surface area (Å²) in [6.07, 6.45) is 0. The van der Waals surface area contributed by atoms with Crippen LogP contribution in [0.15, 0.2) is 54.6 Å². The number of carbonyl (C=O) groups is 3. The maximum absolute atomic E-state index is 13.3. The van der Waals surface area contributed by atoms with Gasteiger partial charge in [0.25, 0.3) is 0 Å². The monoisotopic (exact) mass is 380 g/mol. The van der Waals surface area contributed by atoms with Gasteiger partial charge in [-0.1, -0.05) is 30.3 Å². The SMILES string of the molecule is COC(=O)[C@]1(C)N[C@@H](c2ccc(O)cc2)[C@H]2C(=O)N(c3ccccc3)C(=O)[C@H]21. The van der Waals surface area contributed by atoms with Crippen LogP contribution in [0.5, 0.6) is 5.75 Å². The van der Waals surface area contributed by atoms with Crippen LogP contribution < -0.4 is 10.2 Å². The molecule has 0 saturated carbocycles. The summed E-state index contributed by atoms with van der Waals surface area (Å²) in [5.41, 5.74) is -0.168. The van der Waals surface area contributed by atoms with Crippen LogP contribution in [-0.2, 0) is 19.1 Å². The number of nitrogens with zero attached hydrogens (tertiary/aromatic N) is 1. The third kappa shape index (κ3) is 2.51. The molecule has 7 heteroatoms. The summed E-state index contributed by atoms with van der Waals surface area (Å²) in [4.78, 5) is 40.3. The van der Waals surface area contributed by atoms with Crippen LogP contribution in [0.4, 0.5) is 5.69 Å². The summed E-state index contributed by atoms with van der Waals surface area (Å²) in [5.74, 6) is -2.95. The highest BCUT2D eigenvalue weighted by Gasteiger charge is 2.67. The molecule has 4 rings (SSSR count). The molecular weight excluding hydrogens is 360 g/mol. The maximum Gasteiger partial charge on any atom is 0.326 e. The molecule has 2 saturated heterocycles. The Kier molecular flexibility index (Phi) is 4.19. The summed E-state index contributed by atoms with van der Waals surface area (Å²) < 4.78 is 4.95. The second-order valence-electron chi connectivity index (χ2n) is 7.26. The van der Waals surface area contributed by atoms with Gasteiger partial charge in [-0.3, -0.25) is 19.7 Å². The van der Waals surface area contributed by atoms with Crippen molar-refractivity contribution < 1.29 is 24.2 Å². The van der Waals surface area contributed by atoms with Gasteiger partial charge in [0, 0.05) is 6.04 Å². The zero-order chi connectivity index (χ0) is 20.1. The van der Waals surface area contributed by atoms with Gasteiger partial charge in [0.15, 0.2) is 0 Å². The molecule has 2 aliphatic heterocycles. The number of phenolic OH excluding ortho intramolecular Hbond substituents is 1. The van der Waals surface area contributed by atoms with Crippen molar-refractivity contribution in [2.24, 2.45) is 11.8 Å². The lowest BCUT2D eigenvalue weighted by molar-refractivity contribution is -0.151. The van der Waals surface area contributed by atoms with Crippen molar-refractivity contribution in [3.05, 3.63) is 60.2 Å². The number of ether oxygens (including phenoxy) is 1. The number of anilines is 1. The second-order valence-corrected chi connectivity index (χ2v) is 7.26. The number of rotatable bonds is 3. The number of hydrogen-bond donors (Lipinski definition) is 2. The second kappa shape index (κ2) is 6.45. The molecule has 0 radical (unpaired) electrons. The molecule has 7 nitrogen and oxygen atoms in total. The van der Waals surface area contributed by atoms with E-state index in [1.807, 2.05) is 0 Å². The lowest BCUT2D eigenvalue weighted by Gasteiger charge is -2.28. The maximum atomic E-state index is 13.3. The number of fused-ring (bicyclic) bond motifs is 1. The van der Waals surface area contributed by atoms with E-state index < -0.39 is 35.3 Å². The highest BCUT2D eigenvalue weighted by atomic mass is 16.5. The van der Waals surface area contributed by atoms with Gasteiger partial charge in [0.2, 0.25) is 11.8 Å². The first-order valence-corrected chi connectivity index (χ1v) is 8.96. The van der Waals surface area contributed by atoms with E-state index in [9.17, 15) is 19.5 Å². The van der Waals surface area contributed by atoms with Gasteiger partial charge in [-0.15, -0.1) is 0 Å². The number of nitrogens with one attached hydrogen (secondary N) is 1. The molecule has 28 heavy (non-hydrogen) atoms. The number of phenols is 1. The minimum atomic E-state index is -1.35. The zero-order valence-electron chi connectivity index (χ0n) is 15.5. The zero-order valence-corrected chi connectivity index (χ0v) is 15.5. The normalized spacial score (nSPS) is 29.1. The first-order chi connectivity index (χ1) is 13.4. The summed E-state index contributed by atoms with van der Waals surface area (Å²) in [6, 6.07) is 14.5. The molecule has 2 amide bonds. The summed E-state index contributed by atoms with van der Waals surface area (Å²) in [7, 11) is 1.26. The third-order valence-electron chi connectivity index (χ3n) is 5.66. The first kappa shape index (κ1) is 18.2. The van der Waals surface area contributed by atoms with Crippen molar-refractivity contribution >= 4 is 23.5 Å². The number of methoxy groups -OCH3 is 1. The lowest BCUT2D eigenvalue weighted by atomic mass is 9.80. The molecule has 0 unspecified atom stereocenters. The van der Waals surface area contributed by atoms with E-state index in [1.54, 1.807) is 49.4 Å². The number of benzene rings is 2. The number of esters is 1. The highest BCUT2D eigenvalue weighted by Crippen LogP contribution is 2.50. The van der Waals surface area contributed by atoms with Crippen molar-refractivity contribution in [2.75, 3.05) is 12.0 Å². The molecule has 2 heterocycles. The number of para-hydroxylation sites is 1. The minimum Gasteiger partial charge on any atom is -0.508 e. The predicted molar refractivity (Wildman–Crippen MR) is 100 cm³/mol. The summed E-state index contributed by atoms with van der Waals surface area (Å²) >= 11 is 0. The number of amides is 2. The Balaban J connectivity index is 1.82. The number of carbonyl (C=O) groups excluding carboxylic acids is 3. The third-order valence-corrected chi connectivity index (χ3v) is 5.66. The van der Waals surface area contributed by atoms with Gasteiger partial charge < -0.3 is 9.84 Å². The molecule has 144 valence electrons. The molecule has 2 fully saturated rings. The van der Waals surface area contributed by atoms with E-state index in [1.165, 1.54) is 19.2 Å². The molecule has 0 bridgehead atoms. The van der Waals surface area contributed by atoms with Gasteiger partial charge in [0.1, 0.15) is 11.3 Å². The van der Waals surface area contributed by atoms with E-state index in [-0.39, 0.29) is 11.7 Å². The standard InChI is InChI=1S/C21H20N2O5/c1-21(20(27)28-2)16-15(17(22-21)12-8-10-14(24)11-9-12)18(25)23(19(16)26)13-6-4-3-5-7-13/h3-11,15-17,22,24H,1-2H3/t15-,16-,17-,21+/m0/s1. The fourth-order valence-corrected chi connectivity index (χ4v) is 4.34. The Labute approximate surface area is 161 Å². The van der Waals surface area contributed by atoms with Crippen LogP contribution in [0, 0.1) is 11.8 Å². The van der Waals surface area contributed by atoms with Gasteiger partial charge in [0.05, 0.1) is 24.6 Å². The quantitative estimate of drug-likeness (QED) is 0.622. The Morgan fingerprint density at radius 2 is 1.71 bits per heavy atom. The fraction of sp³-hybridized carbons (Fsp3) is 0.286. The largest absolute Gasteiger partial charge is 0.508 e. The van der Waals surface area contributed by atoms with Gasteiger partial charge in [-0.05, 0) is 36.8 Å². The van der Waals surface area contributed by atoms with Crippen LogP contribution >= 0.6 is 0 Å². The van der Waals surface area contributed by atoms with Crippen LogP contribution in [0.2, 0.25) is 0 Å². The number of aromatic hydroxyl groups is 1. The van der Waals surface area contributed by atoms with E-state index >= 15 is 0 Å². The van der Waals surface area contributed by atoms with E-state index in [0.717, 1.165) is 4.90 Å². The van der Waals surface area contributed by atoms with Crippen LogP contribution in [0.25, 0.3) is 0 Å². The first-order valence-electron chi connectivity index (χ1n) is 8.96. The van der Waals surface area contributed by atoms with Crippen molar-refractivity contribution in [2.45, 2.75) is 18.5 Å². The van der Waals surface area contributed by atoms with Crippen LogP contribution in [-0.4, -0.2) is 35.5 Å². The Morgan fingerprint density at radius 3 is 2.32 bits per heavy atom. The predicted octanol–water partition coefficient (Wildman–Crippen LogP) is 1.77. The Bertz CT molecular complexity index is 943. The fourth-order valence-electron chi connectivity index (χ4n) is 4.34. The minimum absolute atomic E-state index is 0.0914. The molecule has 0 aliphatic carbocycles. The van der Waals surface area contributed by atoms with Crippen LogP contribution in [0.3, 0.4) is 0 Å². The average molecular weight is 380 g/mol. The Morgan fingerprint density at radius 1 is 1.07 bits per heavy atom. The van der Waals surface area contributed by atoms with E-state index in [4.69, 9.17) is 4.74 Å². The van der Waals surface area contributed by atoms with Crippen molar-refractivity contribution in [1.82, 2.24) is 5.32 Å². The summed E-state index contributed by atoms with van der Waals surface area (Å²) in [5, 5.41) is 12.7. The lowest BCUT2D eigenvalue weighted by Crippen LogP contribution is -2.54. The molecule has 0 spiro atoms. The number of hydrogen-bond acceptors (Lipinski definition) is 6. The van der Waals surface area contributed by atoms with E-state index in [0.29, 0.717) is 11.3 Å². The van der Waals surface area contributed by atoms with E-state index in [2.05, 4.69) is 5.32 Å². The smallest absolute Gasteiger partial charge is 0.326 e. The van der Waals surface area contributed by atoms with Crippen molar-refractivity contribution in [3.63, 3.8) is 0 Å². The molecule has 4 atom stereocenters. The van der Waals surface area contributed by atoms with Crippen molar-refractivity contribution in [1.29, 1.82) is 0 Å². The molecule has 2 aliphatic rings. The van der Waals surface area contributed by atoms with Gasteiger partial charge in [-0.25, -0.2) is 4.90 Å². The van der Waals surface area contributed by atoms with Gasteiger partial charge in [-0.2, -0.15) is 0 Å². The molecule has 0 aromatic heterocycles. The molecular formula is C21H20N2O5. The Hall–Kier alpha value is -3.19. The molecule has 2 aromatic rings. The number of imide groups is 1. The highest BCUT2D eigenvalue weighted by molar-refractivity contribution is 6.24.